The number of anilines is 2. The van der Waals surface area contributed by atoms with Gasteiger partial charge in [-0.2, -0.15) is 0 Å². The number of aryl methyl sites for hydroxylation is 1. The molecule has 2 aliphatic rings. The number of hydrogen-bond acceptors (Lipinski definition) is 3. The van der Waals surface area contributed by atoms with Crippen molar-refractivity contribution in [2.24, 2.45) is 11.8 Å². The molecule has 0 amide bonds. The first-order chi connectivity index (χ1) is 19.7. The normalized spacial score (nSPS) is 22.7. The number of nitrogens with zero attached hydrogens (tertiary/aromatic N) is 4. The maximum Gasteiger partial charge on any atom is 0.174 e. The van der Waals surface area contributed by atoms with Gasteiger partial charge in [-0.25, -0.2) is 0 Å². The molecule has 6 rings (SSSR count). The van der Waals surface area contributed by atoms with Crippen LogP contribution < -0.4 is 15.1 Å². The molecule has 8 heteroatoms. The molecule has 0 spiro atoms. The lowest BCUT2D eigenvalue weighted by molar-refractivity contribution is 0.357. The number of nitrogens with one attached hydrogen (secondary N) is 1. The second-order valence-corrected chi connectivity index (χ2v) is 13.3. The van der Waals surface area contributed by atoms with Crippen LogP contribution in [0.25, 0.3) is 5.69 Å². The summed E-state index contributed by atoms with van der Waals surface area (Å²) in [5.74, 6) is 1.30. The zero-order valence-corrected chi connectivity index (χ0v) is 27.0. The van der Waals surface area contributed by atoms with Gasteiger partial charge in [0, 0.05) is 46.5 Å². The molecule has 0 saturated carbocycles. The Balaban J connectivity index is 1.44. The molecule has 2 aromatic heterocycles. The minimum Gasteiger partial charge on any atom is -0.370 e. The molecular weight excluding hydrogens is 614 g/mol. The van der Waals surface area contributed by atoms with Gasteiger partial charge >= 0.3 is 0 Å². The van der Waals surface area contributed by atoms with E-state index < -0.39 is 0 Å². The van der Waals surface area contributed by atoms with Crippen molar-refractivity contribution in [3.63, 3.8) is 0 Å². The Morgan fingerprint density at radius 1 is 0.951 bits per heavy atom. The monoisotopic (exact) mass is 647 g/mol. The third-order valence-corrected chi connectivity index (χ3v) is 9.54. The quantitative estimate of drug-likeness (QED) is 0.220. The minimum atomic E-state index is -0.121. The molecule has 2 aromatic carbocycles. The van der Waals surface area contributed by atoms with Gasteiger partial charge in [0.2, 0.25) is 0 Å². The summed E-state index contributed by atoms with van der Waals surface area (Å²) in [5, 5.41) is 5.03. The number of aromatic nitrogens is 2. The molecule has 2 fully saturated rings. The average Bonchev–Trinajstić information content (AvgIpc) is 3.44. The third kappa shape index (κ3) is 5.40. The molecule has 2 saturated heterocycles. The van der Waals surface area contributed by atoms with Crippen LogP contribution in [0.5, 0.6) is 0 Å². The highest BCUT2D eigenvalue weighted by molar-refractivity contribution is 9.10. The molecule has 41 heavy (non-hydrogen) atoms. The van der Waals surface area contributed by atoms with Crippen molar-refractivity contribution >= 4 is 56.2 Å². The highest BCUT2D eigenvalue weighted by Gasteiger charge is 2.42. The number of halogens is 2. The predicted octanol–water partition coefficient (Wildman–Crippen LogP) is 8.56. The Hall–Kier alpha value is -2.87. The first kappa shape index (κ1) is 28.3. The minimum absolute atomic E-state index is 0.107. The van der Waals surface area contributed by atoms with Crippen molar-refractivity contribution in [3.8, 4) is 5.69 Å². The molecule has 0 aliphatic carbocycles. The Labute approximate surface area is 261 Å². The SMILES string of the molecule is Cc1cc([C@@H]2[C@@H](c3ccccn3)NC(=S)N2c2ccc(N3C[C@H](C)C[C@H](C)C3)c(Cl)c2)c(C)n1-c1ccc(Br)cc1. The average molecular weight is 649 g/mol. The van der Waals surface area contributed by atoms with Crippen molar-refractivity contribution in [1.29, 1.82) is 0 Å². The topological polar surface area (TPSA) is 36.3 Å². The zero-order chi connectivity index (χ0) is 28.8. The Morgan fingerprint density at radius 3 is 2.32 bits per heavy atom. The summed E-state index contributed by atoms with van der Waals surface area (Å²) < 4.78 is 3.37. The van der Waals surface area contributed by atoms with Gasteiger partial charge < -0.3 is 19.7 Å². The van der Waals surface area contributed by atoms with Crippen LogP contribution in [0.4, 0.5) is 11.4 Å². The molecule has 5 nitrogen and oxygen atoms in total. The Morgan fingerprint density at radius 2 is 1.66 bits per heavy atom. The number of hydrogen-bond donors (Lipinski definition) is 1. The molecular formula is C33H35BrClN5S. The molecule has 4 atom stereocenters. The van der Waals surface area contributed by atoms with E-state index in [1.54, 1.807) is 0 Å². The third-order valence-electron chi connectivity index (χ3n) is 8.39. The van der Waals surface area contributed by atoms with E-state index >= 15 is 0 Å². The van der Waals surface area contributed by atoms with E-state index in [9.17, 15) is 0 Å². The van der Waals surface area contributed by atoms with Crippen LogP contribution in [-0.4, -0.2) is 27.8 Å². The predicted molar refractivity (Wildman–Crippen MR) is 177 cm³/mol. The van der Waals surface area contributed by atoms with E-state index in [0.717, 1.165) is 45.3 Å². The van der Waals surface area contributed by atoms with Gasteiger partial charge in [-0.3, -0.25) is 4.98 Å². The van der Waals surface area contributed by atoms with Crippen molar-refractivity contribution in [1.82, 2.24) is 14.9 Å². The number of rotatable bonds is 5. The second kappa shape index (κ2) is 11.4. The number of pyridine rings is 1. The van der Waals surface area contributed by atoms with Crippen LogP contribution in [0.15, 0.2) is 77.4 Å². The maximum atomic E-state index is 7.03. The number of thiocarbonyl (C=S) groups is 1. The van der Waals surface area contributed by atoms with E-state index in [2.05, 4.69) is 118 Å². The van der Waals surface area contributed by atoms with Crippen LogP contribution in [0.3, 0.4) is 0 Å². The number of benzene rings is 2. The Bertz CT molecular complexity index is 1560. The van der Waals surface area contributed by atoms with Crippen molar-refractivity contribution in [3.05, 3.63) is 105 Å². The number of piperidine rings is 1. The van der Waals surface area contributed by atoms with E-state index in [4.69, 9.17) is 28.8 Å². The zero-order valence-electron chi connectivity index (χ0n) is 23.8. The van der Waals surface area contributed by atoms with Crippen molar-refractivity contribution in [2.75, 3.05) is 22.9 Å². The second-order valence-electron chi connectivity index (χ2n) is 11.6. The summed E-state index contributed by atoms with van der Waals surface area (Å²) in [6.07, 6.45) is 3.10. The standard InChI is InChI=1S/C33H35BrClN5S/c1-20-15-21(2)19-38(18-20)30-13-12-26(17-28(30)35)40-32(31(37-33(40)41)29-7-5-6-14-36-29)27-16-22(3)39(23(27)4)25-10-8-24(34)9-11-25/h5-14,16-17,20-21,31-32H,15,18-19H2,1-4H3,(H,37,41)/t20-,21+,31-,32-/m1/s1. The maximum absolute atomic E-state index is 7.03. The van der Waals surface area contributed by atoms with Crippen LogP contribution in [0, 0.1) is 25.7 Å². The summed E-state index contributed by atoms with van der Waals surface area (Å²) in [5.41, 5.74) is 7.69. The molecule has 1 N–H and O–H groups in total. The summed E-state index contributed by atoms with van der Waals surface area (Å²) in [4.78, 5) is 9.40. The summed E-state index contributed by atoms with van der Waals surface area (Å²) >= 11 is 16.6. The summed E-state index contributed by atoms with van der Waals surface area (Å²) in [6.45, 7) is 11.1. The lowest BCUT2D eigenvalue weighted by Crippen LogP contribution is -2.38. The highest BCUT2D eigenvalue weighted by atomic mass is 79.9. The Kier molecular flexibility index (Phi) is 7.88. The fourth-order valence-electron chi connectivity index (χ4n) is 6.79. The van der Waals surface area contributed by atoms with Crippen LogP contribution in [0.2, 0.25) is 5.02 Å². The van der Waals surface area contributed by atoms with Gasteiger partial charge in [0.25, 0.3) is 0 Å². The van der Waals surface area contributed by atoms with Crippen LogP contribution in [-0.2, 0) is 0 Å². The van der Waals surface area contributed by atoms with Crippen LogP contribution in [0.1, 0.15) is 55.0 Å². The summed E-state index contributed by atoms with van der Waals surface area (Å²) in [6, 6.07) is 23.0. The van der Waals surface area contributed by atoms with E-state index in [1.165, 1.54) is 23.4 Å². The van der Waals surface area contributed by atoms with Crippen LogP contribution >= 0.6 is 39.7 Å². The van der Waals surface area contributed by atoms with Gasteiger partial charge in [-0.05, 0) is 111 Å². The smallest absolute Gasteiger partial charge is 0.174 e. The first-order valence-electron chi connectivity index (χ1n) is 14.2. The first-order valence-corrected chi connectivity index (χ1v) is 15.8. The van der Waals surface area contributed by atoms with E-state index in [-0.39, 0.29) is 12.1 Å². The molecule has 2 aliphatic heterocycles. The van der Waals surface area contributed by atoms with Gasteiger partial charge in [0.15, 0.2) is 5.11 Å². The fourth-order valence-corrected chi connectivity index (χ4v) is 7.69. The largest absolute Gasteiger partial charge is 0.370 e. The van der Waals surface area contributed by atoms with Gasteiger partial charge in [0.05, 0.1) is 28.5 Å². The van der Waals surface area contributed by atoms with Gasteiger partial charge in [0.1, 0.15) is 0 Å². The molecule has 0 unspecified atom stereocenters. The van der Waals surface area contributed by atoms with E-state index in [0.29, 0.717) is 16.9 Å². The lowest BCUT2D eigenvalue weighted by atomic mass is 9.91. The molecule has 4 heterocycles. The fraction of sp³-hybridized carbons (Fsp3) is 0.333. The highest BCUT2D eigenvalue weighted by Crippen LogP contribution is 2.45. The lowest BCUT2D eigenvalue weighted by Gasteiger charge is -2.37. The van der Waals surface area contributed by atoms with Gasteiger partial charge in [-0.1, -0.05) is 47.4 Å². The summed E-state index contributed by atoms with van der Waals surface area (Å²) in [7, 11) is 0. The van der Waals surface area contributed by atoms with Gasteiger partial charge in [-0.15, -0.1) is 0 Å². The molecule has 212 valence electrons. The molecule has 0 radical (unpaired) electrons. The van der Waals surface area contributed by atoms with E-state index in [1.807, 2.05) is 18.3 Å². The molecule has 0 bridgehead atoms. The van der Waals surface area contributed by atoms with Crippen molar-refractivity contribution in [2.45, 2.75) is 46.2 Å². The van der Waals surface area contributed by atoms with Crippen molar-refractivity contribution < 1.29 is 0 Å². The molecule has 4 aromatic rings.